The van der Waals surface area contributed by atoms with E-state index >= 15 is 0 Å². The van der Waals surface area contributed by atoms with Gasteiger partial charge in [-0.25, -0.2) is 13.1 Å². The highest BCUT2D eigenvalue weighted by molar-refractivity contribution is 7.88. The Balaban J connectivity index is 1.87. The van der Waals surface area contributed by atoms with Gasteiger partial charge in [0.05, 0.1) is 17.5 Å². The van der Waals surface area contributed by atoms with E-state index in [2.05, 4.69) is 15.6 Å². The number of carbonyl (C=O) groups excluding carboxylic acids is 1. The van der Waals surface area contributed by atoms with Crippen molar-refractivity contribution in [3.8, 4) is 0 Å². The summed E-state index contributed by atoms with van der Waals surface area (Å²) in [5, 5.41) is 0. The third kappa shape index (κ3) is 5.72. The van der Waals surface area contributed by atoms with Crippen LogP contribution in [0, 0.1) is 0 Å². The van der Waals surface area contributed by atoms with Crippen LogP contribution in [0.2, 0.25) is 0 Å². The lowest BCUT2D eigenvalue weighted by Gasteiger charge is -2.15. The minimum absolute atomic E-state index is 0.169. The molecule has 0 aromatic heterocycles. The number of hydrogen-bond acceptors (Lipinski definition) is 4. The van der Waals surface area contributed by atoms with Gasteiger partial charge in [0.25, 0.3) is 5.91 Å². The Kier molecular flexibility index (Phi) is 5.72. The van der Waals surface area contributed by atoms with Crippen molar-refractivity contribution in [2.75, 3.05) is 5.43 Å². The zero-order chi connectivity index (χ0) is 16.7. The average molecular weight is 333 g/mol. The van der Waals surface area contributed by atoms with Crippen LogP contribution in [0.3, 0.4) is 0 Å². The maximum atomic E-state index is 12.1. The Morgan fingerprint density at radius 1 is 1.00 bits per heavy atom. The Labute approximate surface area is 135 Å². The standard InChI is InChI=1S/C16H19N3O3S/c1-13(16(20)18-17-15-10-6-3-7-11-15)19-23(21,22)12-14-8-4-2-5-9-14/h2-11,13,17,19H,12H2,1H3,(H,18,20). The molecule has 2 aromatic carbocycles. The Morgan fingerprint density at radius 3 is 2.17 bits per heavy atom. The molecule has 0 aliphatic carbocycles. The summed E-state index contributed by atoms with van der Waals surface area (Å²) in [7, 11) is -3.60. The van der Waals surface area contributed by atoms with Crippen molar-refractivity contribution in [3.63, 3.8) is 0 Å². The first-order chi connectivity index (χ1) is 11.0. The lowest BCUT2D eigenvalue weighted by molar-refractivity contribution is -0.121. The normalized spacial score (nSPS) is 12.4. The number of hydrazine groups is 1. The molecular formula is C16H19N3O3S. The minimum Gasteiger partial charge on any atom is -0.299 e. The maximum absolute atomic E-state index is 12.1. The van der Waals surface area contributed by atoms with Gasteiger partial charge in [-0.3, -0.25) is 15.6 Å². The largest absolute Gasteiger partial charge is 0.299 e. The van der Waals surface area contributed by atoms with Crippen LogP contribution in [-0.2, 0) is 20.6 Å². The van der Waals surface area contributed by atoms with Crippen molar-refractivity contribution in [3.05, 3.63) is 66.2 Å². The molecule has 0 spiro atoms. The Hall–Kier alpha value is -2.38. The molecule has 1 atom stereocenters. The predicted octanol–water partition coefficient (Wildman–Crippen LogP) is 1.64. The monoisotopic (exact) mass is 333 g/mol. The van der Waals surface area contributed by atoms with E-state index in [0.717, 1.165) is 0 Å². The van der Waals surface area contributed by atoms with Gasteiger partial charge in [-0.15, -0.1) is 0 Å². The number of benzene rings is 2. The van der Waals surface area contributed by atoms with Gasteiger partial charge in [0, 0.05) is 0 Å². The molecule has 0 heterocycles. The maximum Gasteiger partial charge on any atom is 0.256 e. The van der Waals surface area contributed by atoms with E-state index in [0.29, 0.717) is 11.3 Å². The number of rotatable bonds is 7. The van der Waals surface area contributed by atoms with Crippen LogP contribution in [0.25, 0.3) is 0 Å². The van der Waals surface area contributed by atoms with Gasteiger partial charge in [0.15, 0.2) is 0 Å². The summed E-state index contributed by atoms with van der Waals surface area (Å²) in [4.78, 5) is 11.9. The smallest absolute Gasteiger partial charge is 0.256 e. The van der Waals surface area contributed by atoms with Gasteiger partial charge < -0.3 is 0 Å². The summed E-state index contributed by atoms with van der Waals surface area (Å²) in [5.74, 6) is -0.636. The van der Waals surface area contributed by atoms with E-state index < -0.39 is 22.0 Å². The number of carbonyl (C=O) groups is 1. The van der Waals surface area contributed by atoms with Gasteiger partial charge in [0.1, 0.15) is 0 Å². The Morgan fingerprint density at radius 2 is 1.57 bits per heavy atom. The number of anilines is 1. The third-order valence-electron chi connectivity index (χ3n) is 3.05. The molecule has 2 aromatic rings. The summed E-state index contributed by atoms with van der Waals surface area (Å²) in [6.07, 6.45) is 0. The fourth-order valence-corrected chi connectivity index (χ4v) is 3.28. The van der Waals surface area contributed by atoms with Crippen molar-refractivity contribution in [2.45, 2.75) is 18.7 Å². The molecule has 0 saturated heterocycles. The fourth-order valence-electron chi connectivity index (χ4n) is 1.92. The number of sulfonamides is 1. The molecule has 0 bridgehead atoms. The van der Waals surface area contributed by atoms with Crippen molar-refractivity contribution in [1.82, 2.24) is 10.1 Å². The topological polar surface area (TPSA) is 87.3 Å². The highest BCUT2D eigenvalue weighted by Crippen LogP contribution is 2.05. The zero-order valence-corrected chi connectivity index (χ0v) is 13.5. The zero-order valence-electron chi connectivity index (χ0n) is 12.7. The van der Waals surface area contributed by atoms with Crippen LogP contribution >= 0.6 is 0 Å². The van der Waals surface area contributed by atoms with E-state index in [9.17, 15) is 13.2 Å². The van der Waals surface area contributed by atoms with Crippen molar-refractivity contribution in [2.24, 2.45) is 0 Å². The minimum atomic E-state index is -3.60. The van der Waals surface area contributed by atoms with Crippen LogP contribution in [0.4, 0.5) is 5.69 Å². The van der Waals surface area contributed by atoms with E-state index in [1.165, 1.54) is 6.92 Å². The van der Waals surface area contributed by atoms with Crippen LogP contribution < -0.4 is 15.6 Å². The molecule has 0 fully saturated rings. The van der Waals surface area contributed by atoms with E-state index in [4.69, 9.17) is 0 Å². The summed E-state index contributed by atoms with van der Waals surface area (Å²) >= 11 is 0. The lowest BCUT2D eigenvalue weighted by Crippen LogP contribution is -2.46. The van der Waals surface area contributed by atoms with Gasteiger partial charge in [-0.05, 0) is 24.6 Å². The fraction of sp³-hybridized carbons (Fsp3) is 0.188. The summed E-state index contributed by atoms with van der Waals surface area (Å²) < 4.78 is 26.5. The van der Waals surface area contributed by atoms with Gasteiger partial charge >= 0.3 is 0 Å². The van der Waals surface area contributed by atoms with E-state index in [1.54, 1.807) is 36.4 Å². The number of para-hydroxylation sites is 1. The molecular weight excluding hydrogens is 314 g/mol. The van der Waals surface area contributed by atoms with Crippen molar-refractivity contribution < 1.29 is 13.2 Å². The second kappa shape index (κ2) is 7.75. The molecule has 122 valence electrons. The van der Waals surface area contributed by atoms with Crippen molar-refractivity contribution in [1.29, 1.82) is 0 Å². The molecule has 1 unspecified atom stereocenters. The van der Waals surface area contributed by atoms with Gasteiger partial charge in [0.2, 0.25) is 10.0 Å². The van der Waals surface area contributed by atoms with Crippen LogP contribution in [-0.4, -0.2) is 20.4 Å². The van der Waals surface area contributed by atoms with E-state index in [1.807, 2.05) is 24.3 Å². The molecule has 0 aliphatic rings. The molecule has 23 heavy (non-hydrogen) atoms. The van der Waals surface area contributed by atoms with Crippen molar-refractivity contribution >= 4 is 21.6 Å². The quantitative estimate of drug-likeness (QED) is 0.672. The molecule has 7 heteroatoms. The lowest BCUT2D eigenvalue weighted by atomic mass is 10.2. The third-order valence-corrected chi connectivity index (χ3v) is 4.48. The van der Waals surface area contributed by atoms with Gasteiger partial charge in [-0.1, -0.05) is 48.5 Å². The molecule has 3 N–H and O–H groups in total. The summed E-state index contributed by atoms with van der Waals surface area (Å²) in [5.41, 5.74) is 6.57. The van der Waals surface area contributed by atoms with E-state index in [-0.39, 0.29) is 5.75 Å². The second-order valence-electron chi connectivity index (χ2n) is 5.06. The van der Waals surface area contributed by atoms with Crippen LogP contribution in [0.1, 0.15) is 12.5 Å². The summed E-state index contributed by atoms with van der Waals surface area (Å²) in [6, 6.07) is 17.0. The average Bonchev–Trinajstić information content (AvgIpc) is 2.53. The Bertz CT molecular complexity index is 734. The first kappa shape index (κ1) is 17.0. The highest BCUT2D eigenvalue weighted by atomic mass is 32.2. The molecule has 2 rings (SSSR count). The van der Waals surface area contributed by atoms with Crippen LogP contribution in [0.5, 0.6) is 0 Å². The molecule has 6 nitrogen and oxygen atoms in total. The number of nitrogens with one attached hydrogen (secondary N) is 3. The van der Waals surface area contributed by atoms with Gasteiger partial charge in [-0.2, -0.15) is 0 Å². The number of amides is 1. The predicted molar refractivity (Wildman–Crippen MR) is 89.9 cm³/mol. The second-order valence-corrected chi connectivity index (χ2v) is 6.82. The molecule has 1 amide bonds. The first-order valence-electron chi connectivity index (χ1n) is 7.11. The highest BCUT2D eigenvalue weighted by Gasteiger charge is 2.20. The number of hydrogen-bond donors (Lipinski definition) is 3. The molecule has 0 radical (unpaired) electrons. The van der Waals surface area contributed by atoms with Crippen LogP contribution in [0.15, 0.2) is 60.7 Å². The molecule has 0 aliphatic heterocycles. The first-order valence-corrected chi connectivity index (χ1v) is 8.76. The summed E-state index contributed by atoms with van der Waals surface area (Å²) in [6.45, 7) is 1.49. The molecule has 0 saturated carbocycles. The SMILES string of the molecule is CC(NS(=O)(=O)Cc1ccccc1)C(=O)NNc1ccccc1.